The number of nitrogens with one attached hydrogen (secondary N) is 1. The number of hydrogen-bond donors (Lipinski definition) is 1. The highest BCUT2D eigenvalue weighted by atomic mass is 32.2. The van der Waals surface area contributed by atoms with Crippen LogP contribution in [-0.2, 0) is 21.4 Å². The van der Waals surface area contributed by atoms with E-state index in [2.05, 4.69) is 9.71 Å². The van der Waals surface area contributed by atoms with Crippen LogP contribution in [-0.4, -0.2) is 33.0 Å². The van der Waals surface area contributed by atoms with E-state index in [0.29, 0.717) is 5.69 Å². The first-order valence-electron chi connectivity index (χ1n) is 8.78. The first kappa shape index (κ1) is 21.0. The molecule has 29 heavy (non-hydrogen) atoms. The second kappa shape index (κ2) is 9.17. The van der Waals surface area contributed by atoms with Gasteiger partial charge in [-0.1, -0.05) is 19.1 Å². The Bertz CT molecular complexity index is 1090. The van der Waals surface area contributed by atoms with Gasteiger partial charge in [0.1, 0.15) is 17.4 Å². The molecule has 1 heterocycles. The second-order valence-electron chi connectivity index (χ2n) is 5.98. The van der Waals surface area contributed by atoms with Crippen molar-refractivity contribution in [1.82, 2.24) is 9.71 Å². The van der Waals surface area contributed by atoms with E-state index in [4.69, 9.17) is 9.47 Å². The average Bonchev–Trinajstić information content (AvgIpc) is 3.21. The number of esters is 1. The van der Waals surface area contributed by atoms with Gasteiger partial charge in [0.25, 0.3) is 0 Å². The minimum Gasteiger partial charge on any atom is -0.497 e. The Morgan fingerprint density at radius 2 is 1.93 bits per heavy atom. The number of aromatic nitrogens is 1. The Balaban J connectivity index is 1.63. The SMILES string of the molecule is CCNS(=O)(=O)c1ccc(C(=O)OCc2csc(-c3cccc(OC)c3)n2)cc1. The van der Waals surface area contributed by atoms with E-state index in [0.717, 1.165) is 16.3 Å². The highest BCUT2D eigenvalue weighted by molar-refractivity contribution is 7.89. The molecule has 0 aliphatic rings. The molecule has 1 aromatic heterocycles. The van der Waals surface area contributed by atoms with Gasteiger partial charge in [0, 0.05) is 17.5 Å². The van der Waals surface area contributed by atoms with Crippen LogP contribution in [0.2, 0.25) is 0 Å². The molecule has 0 radical (unpaired) electrons. The number of carbonyl (C=O) groups excluding carboxylic acids is 1. The van der Waals surface area contributed by atoms with Crippen molar-refractivity contribution >= 4 is 27.3 Å². The summed E-state index contributed by atoms with van der Waals surface area (Å²) in [7, 11) is -1.95. The Labute approximate surface area is 173 Å². The molecule has 152 valence electrons. The zero-order valence-electron chi connectivity index (χ0n) is 15.9. The third-order valence-corrected chi connectivity index (χ3v) is 6.46. The average molecular weight is 433 g/mol. The first-order chi connectivity index (χ1) is 13.9. The summed E-state index contributed by atoms with van der Waals surface area (Å²) < 4.78 is 36.8. The number of ether oxygens (including phenoxy) is 2. The van der Waals surface area contributed by atoms with Crippen LogP contribution in [0, 0.1) is 0 Å². The Kier molecular flexibility index (Phi) is 6.63. The van der Waals surface area contributed by atoms with Gasteiger partial charge in [-0.2, -0.15) is 0 Å². The number of carbonyl (C=O) groups is 1. The molecule has 7 nitrogen and oxygen atoms in total. The summed E-state index contributed by atoms with van der Waals surface area (Å²) in [4.78, 5) is 16.8. The molecule has 0 amide bonds. The molecule has 0 saturated heterocycles. The zero-order chi connectivity index (χ0) is 20.9. The lowest BCUT2D eigenvalue weighted by molar-refractivity contribution is 0.0468. The van der Waals surface area contributed by atoms with E-state index in [9.17, 15) is 13.2 Å². The summed E-state index contributed by atoms with van der Waals surface area (Å²) >= 11 is 1.45. The van der Waals surface area contributed by atoms with Gasteiger partial charge in [0.15, 0.2) is 0 Å². The molecule has 0 bridgehead atoms. The van der Waals surface area contributed by atoms with Crippen LogP contribution in [0.4, 0.5) is 0 Å². The monoisotopic (exact) mass is 432 g/mol. The van der Waals surface area contributed by atoms with Gasteiger partial charge < -0.3 is 9.47 Å². The molecule has 0 saturated carbocycles. The van der Waals surface area contributed by atoms with Crippen LogP contribution in [0.25, 0.3) is 10.6 Å². The van der Waals surface area contributed by atoms with Crippen LogP contribution in [0.1, 0.15) is 23.0 Å². The van der Waals surface area contributed by atoms with Crippen molar-refractivity contribution in [2.75, 3.05) is 13.7 Å². The molecule has 0 spiro atoms. The summed E-state index contributed by atoms with van der Waals surface area (Å²) in [6.45, 7) is 2.01. The first-order valence-corrected chi connectivity index (χ1v) is 11.1. The van der Waals surface area contributed by atoms with Crippen molar-refractivity contribution in [3.63, 3.8) is 0 Å². The fourth-order valence-corrected chi connectivity index (χ4v) is 4.37. The summed E-state index contributed by atoms with van der Waals surface area (Å²) in [6, 6.07) is 13.2. The molecule has 0 fully saturated rings. The highest BCUT2D eigenvalue weighted by Gasteiger charge is 2.15. The summed E-state index contributed by atoms with van der Waals surface area (Å²) in [6.07, 6.45) is 0. The van der Waals surface area contributed by atoms with Gasteiger partial charge >= 0.3 is 5.97 Å². The summed E-state index contributed by atoms with van der Waals surface area (Å²) in [5.41, 5.74) is 1.82. The van der Waals surface area contributed by atoms with Crippen molar-refractivity contribution in [2.45, 2.75) is 18.4 Å². The predicted molar refractivity (Wildman–Crippen MR) is 111 cm³/mol. The lowest BCUT2D eigenvalue weighted by Gasteiger charge is -2.06. The third kappa shape index (κ3) is 5.20. The topological polar surface area (TPSA) is 94.6 Å². The van der Waals surface area contributed by atoms with E-state index in [1.165, 1.54) is 35.6 Å². The van der Waals surface area contributed by atoms with Gasteiger partial charge in [-0.3, -0.25) is 0 Å². The molecule has 0 unspecified atom stereocenters. The van der Waals surface area contributed by atoms with Gasteiger partial charge in [0.2, 0.25) is 10.0 Å². The Hall–Kier alpha value is -2.75. The number of hydrogen-bond acceptors (Lipinski definition) is 7. The third-order valence-electron chi connectivity index (χ3n) is 3.95. The van der Waals surface area contributed by atoms with Gasteiger partial charge in [0.05, 0.1) is 23.3 Å². The van der Waals surface area contributed by atoms with Gasteiger partial charge in [-0.05, 0) is 36.4 Å². The number of methoxy groups -OCH3 is 1. The van der Waals surface area contributed by atoms with Crippen LogP contribution in [0.5, 0.6) is 5.75 Å². The molecule has 1 N–H and O–H groups in total. The summed E-state index contributed by atoms with van der Waals surface area (Å²) in [5, 5.41) is 2.63. The van der Waals surface area contributed by atoms with Crippen molar-refractivity contribution in [1.29, 1.82) is 0 Å². The molecular formula is C20H20N2O5S2. The minimum absolute atomic E-state index is 0.0245. The number of sulfonamides is 1. The fourth-order valence-electron chi connectivity index (χ4n) is 2.53. The minimum atomic E-state index is -3.56. The lowest BCUT2D eigenvalue weighted by Crippen LogP contribution is -2.23. The molecule has 0 aliphatic heterocycles. The number of benzene rings is 2. The largest absolute Gasteiger partial charge is 0.497 e. The molecule has 3 aromatic rings. The van der Waals surface area contributed by atoms with E-state index >= 15 is 0 Å². The fraction of sp³-hybridized carbons (Fsp3) is 0.200. The molecule has 2 aromatic carbocycles. The maximum absolute atomic E-state index is 12.2. The van der Waals surface area contributed by atoms with Crippen molar-refractivity contribution in [3.05, 3.63) is 65.2 Å². The van der Waals surface area contributed by atoms with Crippen molar-refractivity contribution in [3.8, 4) is 16.3 Å². The van der Waals surface area contributed by atoms with Crippen molar-refractivity contribution in [2.24, 2.45) is 0 Å². The number of rotatable bonds is 8. The lowest BCUT2D eigenvalue weighted by atomic mass is 10.2. The molecular weight excluding hydrogens is 412 g/mol. The second-order valence-corrected chi connectivity index (χ2v) is 8.60. The van der Waals surface area contributed by atoms with Crippen LogP contribution < -0.4 is 9.46 Å². The number of nitrogens with zero attached hydrogens (tertiary/aromatic N) is 1. The van der Waals surface area contributed by atoms with E-state index < -0.39 is 16.0 Å². The molecule has 0 aliphatic carbocycles. The van der Waals surface area contributed by atoms with Crippen LogP contribution >= 0.6 is 11.3 Å². The standard InChI is InChI=1S/C20H20N2O5S2/c1-3-21-29(24,25)18-9-7-14(8-10-18)20(23)27-12-16-13-28-19(22-16)15-5-4-6-17(11-15)26-2/h4-11,13,21H,3,12H2,1-2H3. The molecule has 3 rings (SSSR count). The molecule has 9 heteroatoms. The van der Waals surface area contributed by atoms with Crippen molar-refractivity contribution < 1.29 is 22.7 Å². The Morgan fingerprint density at radius 3 is 2.62 bits per heavy atom. The maximum Gasteiger partial charge on any atom is 0.338 e. The smallest absolute Gasteiger partial charge is 0.338 e. The van der Waals surface area contributed by atoms with Crippen LogP contribution in [0.15, 0.2) is 58.8 Å². The predicted octanol–water partition coefficient (Wildman–Crippen LogP) is 3.47. The van der Waals surface area contributed by atoms with Crippen LogP contribution in [0.3, 0.4) is 0 Å². The highest BCUT2D eigenvalue weighted by Crippen LogP contribution is 2.27. The van der Waals surface area contributed by atoms with Gasteiger partial charge in [-0.15, -0.1) is 11.3 Å². The number of thiazole rings is 1. The van der Waals surface area contributed by atoms with E-state index in [1.54, 1.807) is 14.0 Å². The van der Waals surface area contributed by atoms with E-state index in [1.807, 2.05) is 29.6 Å². The maximum atomic E-state index is 12.2. The summed E-state index contributed by atoms with van der Waals surface area (Å²) in [5.74, 6) is 0.193. The quantitative estimate of drug-likeness (QED) is 0.548. The zero-order valence-corrected chi connectivity index (χ0v) is 17.5. The molecule has 0 atom stereocenters. The van der Waals surface area contributed by atoms with Gasteiger partial charge in [-0.25, -0.2) is 22.9 Å². The van der Waals surface area contributed by atoms with E-state index in [-0.39, 0.29) is 23.6 Å². The normalized spacial score (nSPS) is 11.2. The Morgan fingerprint density at radius 1 is 1.17 bits per heavy atom.